The summed E-state index contributed by atoms with van der Waals surface area (Å²) in [6.45, 7) is 1.74. The van der Waals surface area contributed by atoms with Crippen LogP contribution in [-0.2, 0) is 4.79 Å². The van der Waals surface area contributed by atoms with Crippen LogP contribution < -0.4 is 5.32 Å². The summed E-state index contributed by atoms with van der Waals surface area (Å²) in [6, 6.07) is 9.46. The molecule has 1 amide bonds. The molecule has 3 aromatic rings. The van der Waals surface area contributed by atoms with Crippen LogP contribution in [0, 0.1) is 5.82 Å². The number of nitrogens with one attached hydrogen (secondary N) is 2. The number of anilines is 1. The zero-order valence-corrected chi connectivity index (χ0v) is 15.8. The summed E-state index contributed by atoms with van der Waals surface area (Å²) >= 11 is 7.15. The molecule has 2 N–H and O–H groups in total. The summed E-state index contributed by atoms with van der Waals surface area (Å²) in [5, 5.41) is 9.83. The first-order valence-corrected chi connectivity index (χ1v) is 9.21. The molecule has 0 unspecified atom stereocenters. The minimum absolute atomic E-state index is 0.231. The van der Waals surface area contributed by atoms with Crippen LogP contribution in [0.25, 0.3) is 12.2 Å². The van der Waals surface area contributed by atoms with Crippen LogP contribution in [0.3, 0.4) is 0 Å². The van der Waals surface area contributed by atoms with Gasteiger partial charge in [0.25, 0.3) is 0 Å². The van der Waals surface area contributed by atoms with Gasteiger partial charge in [-0.1, -0.05) is 41.6 Å². The fourth-order valence-corrected chi connectivity index (χ4v) is 2.96. The lowest BCUT2D eigenvalue weighted by atomic mass is 10.2. The maximum absolute atomic E-state index is 12.9. The third-order valence-electron chi connectivity index (χ3n) is 3.45. The van der Waals surface area contributed by atoms with E-state index < -0.39 is 5.25 Å². The summed E-state index contributed by atoms with van der Waals surface area (Å²) in [5.41, 5.74) is 1.29. The van der Waals surface area contributed by atoms with E-state index in [-0.39, 0.29) is 16.9 Å². The highest BCUT2D eigenvalue weighted by Gasteiger charge is 2.18. The molecule has 2 aromatic heterocycles. The molecule has 1 atom stereocenters. The fraction of sp³-hybridized carbons (Fsp3) is 0.111. The highest BCUT2D eigenvalue weighted by Crippen LogP contribution is 2.23. The van der Waals surface area contributed by atoms with Crippen LogP contribution in [0.4, 0.5) is 10.1 Å². The van der Waals surface area contributed by atoms with Crippen LogP contribution in [0.5, 0.6) is 0 Å². The first-order chi connectivity index (χ1) is 13.0. The molecule has 0 aliphatic rings. The normalized spacial score (nSPS) is 12.3. The van der Waals surface area contributed by atoms with Crippen LogP contribution >= 0.6 is 23.4 Å². The van der Waals surface area contributed by atoms with Crippen molar-refractivity contribution in [1.29, 1.82) is 0 Å². The van der Waals surface area contributed by atoms with Crippen molar-refractivity contribution in [3.05, 3.63) is 65.0 Å². The number of aromatic nitrogens is 4. The Morgan fingerprint density at radius 3 is 2.81 bits per heavy atom. The first kappa shape index (κ1) is 19.1. The number of amides is 1. The van der Waals surface area contributed by atoms with Gasteiger partial charge in [0.05, 0.1) is 10.9 Å². The van der Waals surface area contributed by atoms with Gasteiger partial charge in [-0.3, -0.25) is 9.89 Å². The van der Waals surface area contributed by atoms with Gasteiger partial charge < -0.3 is 5.32 Å². The van der Waals surface area contributed by atoms with Crippen molar-refractivity contribution in [3.63, 3.8) is 0 Å². The Bertz CT molecular complexity index is 960. The molecular weight excluding hydrogens is 389 g/mol. The minimum atomic E-state index is -0.439. The van der Waals surface area contributed by atoms with Gasteiger partial charge in [0.2, 0.25) is 11.1 Å². The molecule has 0 saturated carbocycles. The number of H-pyrrole nitrogens is 1. The average molecular weight is 404 g/mol. The second-order valence-corrected chi connectivity index (χ2v) is 7.15. The highest BCUT2D eigenvalue weighted by atomic mass is 35.5. The van der Waals surface area contributed by atoms with E-state index in [1.165, 1.54) is 23.9 Å². The molecule has 0 aliphatic carbocycles. The summed E-state index contributed by atoms with van der Waals surface area (Å²) in [6.07, 6.45) is 5.06. The van der Waals surface area contributed by atoms with Crippen molar-refractivity contribution < 1.29 is 9.18 Å². The van der Waals surface area contributed by atoms with Crippen molar-refractivity contribution in [1.82, 2.24) is 20.2 Å². The molecule has 1 aromatic carbocycles. The number of halogens is 2. The molecular formula is C18H15ClFN5OS. The van der Waals surface area contributed by atoms with Crippen LogP contribution in [-0.4, -0.2) is 31.3 Å². The maximum atomic E-state index is 12.9. The Morgan fingerprint density at radius 1 is 1.30 bits per heavy atom. The Kier molecular flexibility index (Phi) is 6.20. The summed E-state index contributed by atoms with van der Waals surface area (Å²) < 4.78 is 12.9. The predicted molar refractivity (Wildman–Crippen MR) is 105 cm³/mol. The van der Waals surface area contributed by atoms with E-state index in [0.29, 0.717) is 16.7 Å². The molecule has 0 bridgehead atoms. The van der Waals surface area contributed by atoms with E-state index in [9.17, 15) is 9.18 Å². The number of pyridine rings is 1. The van der Waals surface area contributed by atoms with Gasteiger partial charge in [-0.25, -0.2) is 14.4 Å². The molecule has 27 heavy (non-hydrogen) atoms. The molecule has 0 fully saturated rings. The average Bonchev–Trinajstić information content (AvgIpc) is 3.10. The molecule has 6 nitrogen and oxygen atoms in total. The van der Waals surface area contributed by atoms with Crippen molar-refractivity contribution in [3.8, 4) is 0 Å². The first-order valence-electron chi connectivity index (χ1n) is 7.95. The van der Waals surface area contributed by atoms with E-state index in [4.69, 9.17) is 11.6 Å². The number of nitrogens with zero attached hydrogens (tertiary/aromatic N) is 3. The summed E-state index contributed by atoms with van der Waals surface area (Å²) in [7, 11) is 0. The van der Waals surface area contributed by atoms with Gasteiger partial charge in [-0.05, 0) is 42.8 Å². The van der Waals surface area contributed by atoms with Crippen molar-refractivity contribution in [2.24, 2.45) is 0 Å². The monoisotopic (exact) mass is 403 g/mol. The van der Waals surface area contributed by atoms with Crippen LogP contribution in [0.15, 0.2) is 47.8 Å². The largest absolute Gasteiger partial charge is 0.322 e. The van der Waals surface area contributed by atoms with E-state index in [1.807, 2.05) is 0 Å². The van der Waals surface area contributed by atoms with Gasteiger partial charge in [0.1, 0.15) is 11.6 Å². The lowest BCUT2D eigenvalue weighted by Crippen LogP contribution is -2.22. The maximum Gasteiger partial charge on any atom is 0.237 e. The second kappa shape index (κ2) is 8.79. The molecule has 2 heterocycles. The molecule has 0 saturated heterocycles. The number of thioether (sulfide) groups is 1. The van der Waals surface area contributed by atoms with Crippen molar-refractivity contribution in [2.45, 2.75) is 17.3 Å². The number of hydrogen-bond donors (Lipinski definition) is 2. The minimum Gasteiger partial charge on any atom is -0.322 e. The van der Waals surface area contributed by atoms with Gasteiger partial charge >= 0.3 is 0 Å². The predicted octanol–water partition coefficient (Wildman–Crippen LogP) is 4.28. The molecule has 0 spiro atoms. The number of aromatic amines is 1. The van der Waals surface area contributed by atoms with Crippen molar-refractivity contribution >= 4 is 47.1 Å². The number of hydrogen-bond acceptors (Lipinski definition) is 5. The summed E-state index contributed by atoms with van der Waals surface area (Å²) in [5.74, 6) is 0.0122. The number of rotatable bonds is 6. The van der Waals surface area contributed by atoms with Crippen molar-refractivity contribution in [2.75, 3.05) is 5.32 Å². The second-order valence-electron chi connectivity index (χ2n) is 5.48. The zero-order valence-electron chi connectivity index (χ0n) is 14.2. The third kappa shape index (κ3) is 5.38. The Morgan fingerprint density at radius 2 is 2.07 bits per heavy atom. The van der Waals surface area contributed by atoms with Gasteiger partial charge in [-0.15, -0.1) is 5.10 Å². The van der Waals surface area contributed by atoms with Crippen LogP contribution in [0.2, 0.25) is 5.15 Å². The standard InChI is InChI=1S/C18H15ClFN5OS/c1-11(17(26)22-14-3-2-10-21-16(14)19)27-18-23-15(24-25-18)9-6-12-4-7-13(20)8-5-12/h2-11H,1H3,(H,22,26)(H,23,24,25)/b9-6-/t11-/m1/s1. The van der Waals surface area contributed by atoms with E-state index in [0.717, 1.165) is 5.56 Å². The number of carbonyl (C=O) groups is 1. The fourth-order valence-electron chi connectivity index (χ4n) is 2.06. The molecule has 0 aliphatic heterocycles. The Balaban J connectivity index is 1.58. The van der Waals surface area contributed by atoms with Gasteiger partial charge in [0.15, 0.2) is 5.15 Å². The van der Waals surface area contributed by atoms with E-state index in [2.05, 4.69) is 25.5 Å². The lowest BCUT2D eigenvalue weighted by molar-refractivity contribution is -0.115. The zero-order chi connectivity index (χ0) is 19.2. The number of carbonyl (C=O) groups excluding carboxylic acids is 1. The molecule has 3 rings (SSSR count). The van der Waals surface area contributed by atoms with E-state index in [1.54, 1.807) is 49.5 Å². The number of benzene rings is 1. The van der Waals surface area contributed by atoms with Crippen LogP contribution in [0.1, 0.15) is 18.3 Å². The van der Waals surface area contributed by atoms with Gasteiger partial charge in [0, 0.05) is 6.20 Å². The lowest BCUT2D eigenvalue weighted by Gasteiger charge is -2.10. The highest BCUT2D eigenvalue weighted by molar-refractivity contribution is 8.00. The topological polar surface area (TPSA) is 83.6 Å². The Labute approximate surface area is 164 Å². The Hall–Kier alpha value is -2.71. The smallest absolute Gasteiger partial charge is 0.237 e. The quantitative estimate of drug-likeness (QED) is 0.474. The summed E-state index contributed by atoms with van der Waals surface area (Å²) in [4.78, 5) is 20.5. The van der Waals surface area contributed by atoms with Gasteiger partial charge in [-0.2, -0.15) is 0 Å². The molecule has 138 valence electrons. The molecule has 0 radical (unpaired) electrons. The third-order valence-corrected chi connectivity index (χ3v) is 4.72. The molecule has 9 heteroatoms. The van der Waals surface area contributed by atoms with E-state index >= 15 is 0 Å². The SMILES string of the molecule is C[C@@H](Sc1n[nH]c(/C=C\c2ccc(F)cc2)n1)C(=O)Nc1cccnc1Cl.